The smallest absolute Gasteiger partial charge is 0.257 e. The zero-order chi connectivity index (χ0) is 22.9. The molecule has 0 saturated carbocycles. The van der Waals surface area contributed by atoms with E-state index in [1.807, 2.05) is 25.1 Å². The van der Waals surface area contributed by atoms with E-state index in [0.717, 1.165) is 23.4 Å². The van der Waals surface area contributed by atoms with E-state index in [1.165, 1.54) is 11.3 Å². The summed E-state index contributed by atoms with van der Waals surface area (Å²) in [5.41, 5.74) is 2.12. The number of benzene rings is 2. The zero-order valence-electron chi connectivity index (χ0n) is 18.3. The van der Waals surface area contributed by atoms with Gasteiger partial charge in [0.1, 0.15) is 5.01 Å². The number of nitrogens with one attached hydrogen (secondary N) is 2. The fourth-order valence-corrected chi connectivity index (χ4v) is 3.74. The van der Waals surface area contributed by atoms with Crippen molar-refractivity contribution in [2.45, 2.75) is 32.6 Å². The van der Waals surface area contributed by atoms with Crippen LogP contribution < -0.4 is 20.1 Å². The molecule has 0 aliphatic heterocycles. The van der Waals surface area contributed by atoms with Gasteiger partial charge in [-0.2, -0.15) is 0 Å². The maximum atomic E-state index is 12.5. The van der Waals surface area contributed by atoms with Crippen molar-refractivity contribution in [2.24, 2.45) is 0 Å². The molecule has 3 rings (SSSR count). The van der Waals surface area contributed by atoms with Crippen molar-refractivity contribution >= 4 is 34.0 Å². The molecule has 168 valence electrons. The third kappa shape index (κ3) is 6.27. The monoisotopic (exact) mass is 454 g/mol. The number of nitrogens with zero attached hydrogens (tertiary/aromatic N) is 2. The van der Waals surface area contributed by atoms with Crippen molar-refractivity contribution in [1.82, 2.24) is 10.2 Å². The minimum absolute atomic E-state index is 0.0279. The number of rotatable bonds is 10. The first kappa shape index (κ1) is 23.2. The molecule has 0 unspecified atom stereocenters. The van der Waals surface area contributed by atoms with Crippen LogP contribution in [0, 0.1) is 0 Å². The first-order valence-corrected chi connectivity index (χ1v) is 11.1. The molecule has 0 bridgehead atoms. The highest BCUT2D eigenvalue weighted by molar-refractivity contribution is 7.15. The fraction of sp³-hybridized carbons (Fsp3) is 0.304. The first-order chi connectivity index (χ1) is 15.5. The number of unbranched alkanes of at least 4 members (excludes halogenated alkanes) is 1. The molecular formula is C23H26N4O4S. The van der Waals surface area contributed by atoms with Crippen molar-refractivity contribution in [1.29, 1.82) is 0 Å². The average molecular weight is 455 g/mol. The van der Waals surface area contributed by atoms with Crippen LogP contribution in [0.2, 0.25) is 0 Å². The van der Waals surface area contributed by atoms with Gasteiger partial charge in [0.05, 0.1) is 14.2 Å². The van der Waals surface area contributed by atoms with E-state index in [-0.39, 0.29) is 11.8 Å². The highest BCUT2D eigenvalue weighted by Crippen LogP contribution is 2.29. The van der Waals surface area contributed by atoms with Gasteiger partial charge in [-0.25, -0.2) is 0 Å². The van der Waals surface area contributed by atoms with Gasteiger partial charge < -0.3 is 14.8 Å². The normalized spacial score (nSPS) is 10.5. The van der Waals surface area contributed by atoms with Crippen molar-refractivity contribution in [3.8, 4) is 11.5 Å². The van der Waals surface area contributed by atoms with Gasteiger partial charge in [-0.1, -0.05) is 30.7 Å². The summed E-state index contributed by atoms with van der Waals surface area (Å²) in [4.78, 5) is 24.3. The predicted octanol–water partition coefficient (Wildman–Crippen LogP) is 4.53. The third-order valence-electron chi connectivity index (χ3n) is 4.68. The highest BCUT2D eigenvalue weighted by Gasteiger charge is 2.12. The number of methoxy groups -OCH3 is 2. The third-order valence-corrected chi connectivity index (χ3v) is 5.52. The van der Waals surface area contributed by atoms with Crippen LogP contribution in [-0.2, 0) is 11.2 Å². The minimum Gasteiger partial charge on any atom is -0.493 e. The molecule has 2 amide bonds. The molecule has 0 fully saturated rings. The Morgan fingerprint density at radius 2 is 1.72 bits per heavy atom. The van der Waals surface area contributed by atoms with Crippen LogP contribution in [-0.4, -0.2) is 36.2 Å². The Hall–Kier alpha value is -3.46. The van der Waals surface area contributed by atoms with E-state index in [9.17, 15) is 9.59 Å². The maximum Gasteiger partial charge on any atom is 0.257 e. The fourth-order valence-electron chi connectivity index (χ4n) is 2.98. The number of aromatic nitrogens is 2. The second kappa shape index (κ2) is 11.2. The lowest BCUT2D eigenvalue weighted by atomic mass is 10.1. The van der Waals surface area contributed by atoms with Crippen LogP contribution in [0.3, 0.4) is 0 Å². The largest absolute Gasteiger partial charge is 0.493 e. The van der Waals surface area contributed by atoms with Gasteiger partial charge in [0.15, 0.2) is 11.5 Å². The van der Waals surface area contributed by atoms with Gasteiger partial charge >= 0.3 is 0 Å². The van der Waals surface area contributed by atoms with Crippen molar-refractivity contribution in [3.63, 3.8) is 0 Å². The molecule has 0 radical (unpaired) electrons. The number of carbonyl (C=O) groups is 2. The Morgan fingerprint density at radius 3 is 2.41 bits per heavy atom. The van der Waals surface area contributed by atoms with Crippen LogP contribution in [0.25, 0.3) is 0 Å². The number of hydrogen-bond acceptors (Lipinski definition) is 7. The molecule has 9 heteroatoms. The van der Waals surface area contributed by atoms with Crippen molar-refractivity contribution < 1.29 is 19.1 Å². The van der Waals surface area contributed by atoms with Gasteiger partial charge in [-0.05, 0) is 48.4 Å². The SMILES string of the molecule is CCCCC(=O)Nc1ccc(C(=O)Nc2nnc(Cc3ccc(OC)c(OC)c3)s2)cc1. The van der Waals surface area contributed by atoms with E-state index >= 15 is 0 Å². The van der Waals surface area contributed by atoms with Gasteiger partial charge in [0.2, 0.25) is 11.0 Å². The molecular weight excluding hydrogens is 428 g/mol. The number of ether oxygens (including phenoxy) is 2. The molecule has 1 aromatic heterocycles. The molecule has 2 N–H and O–H groups in total. The molecule has 0 aliphatic rings. The first-order valence-electron chi connectivity index (χ1n) is 10.3. The second-order valence-corrected chi connectivity index (χ2v) is 8.11. The Morgan fingerprint density at radius 1 is 0.969 bits per heavy atom. The number of hydrogen-bond donors (Lipinski definition) is 2. The summed E-state index contributed by atoms with van der Waals surface area (Å²) in [6.45, 7) is 2.04. The summed E-state index contributed by atoms with van der Waals surface area (Å²) in [7, 11) is 3.18. The molecule has 0 saturated heterocycles. The van der Waals surface area contributed by atoms with Crippen molar-refractivity contribution in [3.05, 3.63) is 58.6 Å². The lowest BCUT2D eigenvalue weighted by Crippen LogP contribution is -2.13. The summed E-state index contributed by atoms with van der Waals surface area (Å²) in [5, 5.41) is 15.0. The van der Waals surface area contributed by atoms with E-state index < -0.39 is 0 Å². The van der Waals surface area contributed by atoms with E-state index in [0.29, 0.717) is 40.7 Å². The Kier molecular flexibility index (Phi) is 8.15. The van der Waals surface area contributed by atoms with Crippen LogP contribution in [0.15, 0.2) is 42.5 Å². The van der Waals surface area contributed by atoms with Gasteiger partial charge in [0.25, 0.3) is 5.91 Å². The maximum absolute atomic E-state index is 12.5. The van der Waals surface area contributed by atoms with Crippen LogP contribution in [0.1, 0.15) is 47.1 Å². The number of amides is 2. The summed E-state index contributed by atoms with van der Waals surface area (Å²) >= 11 is 1.31. The molecule has 1 heterocycles. The van der Waals surface area contributed by atoms with Gasteiger partial charge in [0, 0.05) is 24.1 Å². The van der Waals surface area contributed by atoms with Crippen LogP contribution in [0.4, 0.5) is 10.8 Å². The lowest BCUT2D eigenvalue weighted by molar-refractivity contribution is -0.116. The van der Waals surface area contributed by atoms with E-state index in [4.69, 9.17) is 9.47 Å². The quantitative estimate of drug-likeness (QED) is 0.467. The summed E-state index contributed by atoms with van der Waals surface area (Å²) in [6, 6.07) is 12.4. The molecule has 8 nitrogen and oxygen atoms in total. The van der Waals surface area contributed by atoms with E-state index in [2.05, 4.69) is 20.8 Å². The second-order valence-electron chi connectivity index (χ2n) is 7.05. The Balaban J connectivity index is 1.58. The predicted molar refractivity (Wildman–Crippen MR) is 125 cm³/mol. The minimum atomic E-state index is -0.289. The summed E-state index contributed by atoms with van der Waals surface area (Å²) in [6.07, 6.45) is 2.86. The standard InChI is InChI=1S/C23H26N4O4S/c1-4-5-6-20(28)24-17-10-8-16(9-11-17)22(29)25-23-27-26-21(32-23)14-15-7-12-18(30-2)19(13-15)31-3/h7-13H,4-6,14H2,1-3H3,(H,24,28)(H,25,27,29). The number of anilines is 2. The summed E-state index contributed by atoms with van der Waals surface area (Å²) < 4.78 is 10.6. The molecule has 3 aromatic rings. The summed E-state index contributed by atoms with van der Waals surface area (Å²) in [5.74, 6) is 0.989. The van der Waals surface area contributed by atoms with Crippen LogP contribution >= 0.6 is 11.3 Å². The Labute approximate surface area is 191 Å². The number of carbonyl (C=O) groups excluding carboxylic acids is 2. The molecule has 0 spiro atoms. The molecule has 0 aliphatic carbocycles. The topological polar surface area (TPSA) is 102 Å². The highest BCUT2D eigenvalue weighted by atomic mass is 32.1. The zero-order valence-corrected chi connectivity index (χ0v) is 19.1. The molecule has 2 aromatic carbocycles. The average Bonchev–Trinajstić information content (AvgIpc) is 3.24. The lowest BCUT2D eigenvalue weighted by Gasteiger charge is -2.08. The molecule has 0 atom stereocenters. The van der Waals surface area contributed by atoms with Gasteiger partial charge in [-0.3, -0.25) is 14.9 Å². The Bertz CT molecular complexity index is 1070. The molecule has 32 heavy (non-hydrogen) atoms. The van der Waals surface area contributed by atoms with E-state index in [1.54, 1.807) is 38.5 Å². The van der Waals surface area contributed by atoms with Gasteiger partial charge in [-0.15, -0.1) is 10.2 Å². The van der Waals surface area contributed by atoms with Crippen LogP contribution in [0.5, 0.6) is 11.5 Å². The van der Waals surface area contributed by atoms with Crippen molar-refractivity contribution in [2.75, 3.05) is 24.9 Å².